The first-order chi connectivity index (χ1) is 12.7. The first kappa shape index (κ1) is 17.5. The molecule has 0 aliphatic carbocycles. The molecule has 0 radical (unpaired) electrons. The first-order valence-electron chi connectivity index (χ1n) is 8.42. The minimum Gasteiger partial charge on any atom is -0.497 e. The van der Waals surface area contributed by atoms with Gasteiger partial charge in [0, 0.05) is 25.4 Å². The summed E-state index contributed by atoms with van der Waals surface area (Å²) in [6.45, 7) is 0.520. The second kappa shape index (κ2) is 8.20. The Balaban J connectivity index is 1.58. The minimum absolute atomic E-state index is 0.274. The van der Waals surface area contributed by atoms with Crippen molar-refractivity contribution in [2.75, 3.05) is 19.0 Å². The highest BCUT2D eigenvalue weighted by Gasteiger charge is 2.12. The van der Waals surface area contributed by atoms with Gasteiger partial charge < -0.3 is 10.1 Å². The van der Waals surface area contributed by atoms with Gasteiger partial charge in [-0.3, -0.25) is 10.00 Å². The van der Waals surface area contributed by atoms with Crippen molar-refractivity contribution in [3.05, 3.63) is 66.4 Å². The summed E-state index contributed by atoms with van der Waals surface area (Å²) in [5, 5.41) is 10.0. The number of nitrogens with one attached hydrogen (secondary N) is 2. The normalized spacial score (nSPS) is 10.4. The molecule has 0 bridgehead atoms. The van der Waals surface area contributed by atoms with Gasteiger partial charge in [-0.15, -0.1) is 0 Å². The molecule has 0 saturated carbocycles. The summed E-state index contributed by atoms with van der Waals surface area (Å²) in [7, 11) is 3.47. The van der Waals surface area contributed by atoms with Crippen LogP contribution in [0.1, 0.15) is 5.56 Å². The molecule has 0 fully saturated rings. The van der Waals surface area contributed by atoms with E-state index in [9.17, 15) is 4.79 Å². The highest BCUT2D eigenvalue weighted by molar-refractivity contribution is 5.92. The molecule has 1 aromatic heterocycles. The van der Waals surface area contributed by atoms with Crippen LogP contribution >= 0.6 is 0 Å². The van der Waals surface area contributed by atoms with Crippen LogP contribution in [0.2, 0.25) is 0 Å². The molecule has 2 N–H and O–H groups in total. The Morgan fingerprint density at radius 2 is 1.96 bits per heavy atom. The fraction of sp³-hybridized carbons (Fsp3) is 0.200. The molecule has 6 heteroatoms. The van der Waals surface area contributed by atoms with Gasteiger partial charge in [-0.1, -0.05) is 42.5 Å². The smallest absolute Gasteiger partial charge is 0.320 e. The third-order valence-corrected chi connectivity index (χ3v) is 3.98. The number of amides is 2. The number of aryl methyl sites for hydroxylation is 1. The van der Waals surface area contributed by atoms with Gasteiger partial charge in [0.2, 0.25) is 0 Å². The van der Waals surface area contributed by atoms with Crippen LogP contribution in [0.5, 0.6) is 5.75 Å². The molecular formula is C20H22N4O2. The number of rotatable bonds is 6. The lowest BCUT2D eigenvalue weighted by Crippen LogP contribution is -2.30. The number of hydrogen-bond acceptors (Lipinski definition) is 3. The van der Waals surface area contributed by atoms with Crippen LogP contribution in [0.3, 0.4) is 0 Å². The quantitative estimate of drug-likeness (QED) is 0.715. The van der Waals surface area contributed by atoms with Crippen LogP contribution in [0, 0.1) is 0 Å². The molecule has 0 unspecified atom stereocenters. The average Bonchev–Trinajstić information content (AvgIpc) is 3.02. The van der Waals surface area contributed by atoms with Crippen molar-refractivity contribution in [3.63, 3.8) is 0 Å². The molecule has 3 rings (SSSR count). The number of hydrogen-bond donors (Lipinski definition) is 2. The standard InChI is InChI=1S/C20H22N4O2/c1-24-14-18(16-8-4-3-5-9-16)19(23-24)22-20(25)21-12-11-15-7-6-10-17(13-15)26-2/h3-10,13-14H,11-12H2,1-2H3,(H2,21,22,23,25). The Hall–Kier alpha value is -3.28. The zero-order chi connectivity index (χ0) is 18.4. The molecule has 3 aromatic rings. The summed E-state index contributed by atoms with van der Waals surface area (Å²) in [5.74, 6) is 1.35. The van der Waals surface area contributed by atoms with E-state index >= 15 is 0 Å². The number of anilines is 1. The van der Waals surface area contributed by atoms with Gasteiger partial charge in [-0.25, -0.2) is 4.79 Å². The van der Waals surface area contributed by atoms with E-state index in [-0.39, 0.29) is 6.03 Å². The Bertz CT molecular complexity index is 875. The van der Waals surface area contributed by atoms with E-state index in [1.54, 1.807) is 11.8 Å². The van der Waals surface area contributed by atoms with Gasteiger partial charge in [-0.2, -0.15) is 5.10 Å². The van der Waals surface area contributed by atoms with Crippen LogP contribution in [-0.4, -0.2) is 29.5 Å². The Kier molecular flexibility index (Phi) is 5.53. The van der Waals surface area contributed by atoms with E-state index in [1.807, 2.05) is 67.8 Å². The van der Waals surface area contributed by atoms with Gasteiger partial charge in [0.05, 0.1) is 7.11 Å². The molecule has 0 saturated heterocycles. The van der Waals surface area contributed by atoms with Gasteiger partial charge in [0.15, 0.2) is 5.82 Å². The molecule has 1 heterocycles. The van der Waals surface area contributed by atoms with Gasteiger partial charge in [0.1, 0.15) is 5.75 Å². The second-order valence-corrected chi connectivity index (χ2v) is 5.91. The lowest BCUT2D eigenvalue weighted by atomic mass is 10.1. The van der Waals surface area contributed by atoms with Crippen molar-refractivity contribution in [3.8, 4) is 16.9 Å². The predicted molar refractivity (Wildman–Crippen MR) is 102 cm³/mol. The summed E-state index contributed by atoms with van der Waals surface area (Å²) in [5.41, 5.74) is 3.00. The number of carbonyl (C=O) groups excluding carboxylic acids is 1. The van der Waals surface area contributed by atoms with E-state index in [0.29, 0.717) is 12.4 Å². The SMILES string of the molecule is COc1cccc(CCNC(=O)Nc2nn(C)cc2-c2ccccc2)c1. The lowest BCUT2D eigenvalue weighted by Gasteiger charge is -2.08. The molecule has 0 spiro atoms. The third kappa shape index (κ3) is 4.42. The Labute approximate surface area is 152 Å². The number of benzene rings is 2. The predicted octanol–water partition coefficient (Wildman–Crippen LogP) is 3.46. The summed E-state index contributed by atoms with van der Waals surface area (Å²) >= 11 is 0. The van der Waals surface area contributed by atoms with Crippen LogP contribution < -0.4 is 15.4 Å². The van der Waals surface area contributed by atoms with Crippen molar-refractivity contribution in [1.82, 2.24) is 15.1 Å². The second-order valence-electron chi connectivity index (χ2n) is 5.91. The third-order valence-electron chi connectivity index (χ3n) is 3.98. The molecule has 2 aromatic carbocycles. The van der Waals surface area contributed by atoms with Gasteiger partial charge in [-0.05, 0) is 29.7 Å². The molecule has 2 amide bonds. The number of urea groups is 1. The number of aromatic nitrogens is 2. The number of ether oxygens (including phenoxy) is 1. The summed E-state index contributed by atoms with van der Waals surface area (Å²) in [6, 6.07) is 17.4. The fourth-order valence-electron chi connectivity index (χ4n) is 2.71. The van der Waals surface area contributed by atoms with E-state index in [2.05, 4.69) is 15.7 Å². The number of carbonyl (C=O) groups is 1. The maximum atomic E-state index is 12.2. The highest BCUT2D eigenvalue weighted by atomic mass is 16.5. The lowest BCUT2D eigenvalue weighted by molar-refractivity contribution is 0.252. The molecular weight excluding hydrogens is 328 g/mol. The average molecular weight is 350 g/mol. The molecule has 0 aliphatic rings. The highest BCUT2D eigenvalue weighted by Crippen LogP contribution is 2.26. The van der Waals surface area contributed by atoms with E-state index < -0.39 is 0 Å². The summed E-state index contributed by atoms with van der Waals surface area (Å²) in [4.78, 5) is 12.2. The topological polar surface area (TPSA) is 68.2 Å². The summed E-state index contributed by atoms with van der Waals surface area (Å²) < 4.78 is 6.90. The molecule has 0 aliphatic heterocycles. The number of methoxy groups -OCH3 is 1. The van der Waals surface area contributed by atoms with Crippen molar-refractivity contribution >= 4 is 11.8 Å². The molecule has 134 valence electrons. The Morgan fingerprint density at radius 3 is 2.73 bits per heavy atom. The van der Waals surface area contributed by atoms with Crippen LogP contribution in [0.4, 0.5) is 10.6 Å². The Morgan fingerprint density at radius 1 is 1.15 bits per heavy atom. The molecule has 26 heavy (non-hydrogen) atoms. The molecule has 6 nitrogen and oxygen atoms in total. The van der Waals surface area contributed by atoms with Crippen molar-refractivity contribution in [2.24, 2.45) is 7.05 Å². The maximum absolute atomic E-state index is 12.2. The number of nitrogens with zero attached hydrogens (tertiary/aromatic N) is 2. The van der Waals surface area contributed by atoms with E-state index in [4.69, 9.17) is 4.74 Å². The largest absolute Gasteiger partial charge is 0.497 e. The first-order valence-corrected chi connectivity index (χ1v) is 8.42. The van der Waals surface area contributed by atoms with E-state index in [0.717, 1.165) is 28.9 Å². The molecule has 0 atom stereocenters. The van der Waals surface area contributed by atoms with E-state index in [1.165, 1.54) is 0 Å². The monoisotopic (exact) mass is 350 g/mol. The van der Waals surface area contributed by atoms with Gasteiger partial charge in [0.25, 0.3) is 0 Å². The zero-order valence-corrected chi connectivity index (χ0v) is 14.9. The zero-order valence-electron chi connectivity index (χ0n) is 14.9. The minimum atomic E-state index is -0.274. The maximum Gasteiger partial charge on any atom is 0.320 e. The van der Waals surface area contributed by atoms with Crippen molar-refractivity contribution < 1.29 is 9.53 Å². The van der Waals surface area contributed by atoms with Crippen molar-refractivity contribution in [2.45, 2.75) is 6.42 Å². The van der Waals surface area contributed by atoms with Gasteiger partial charge >= 0.3 is 6.03 Å². The van der Waals surface area contributed by atoms with Crippen LogP contribution in [0.25, 0.3) is 11.1 Å². The van der Waals surface area contributed by atoms with Crippen LogP contribution in [0.15, 0.2) is 60.8 Å². The van der Waals surface area contributed by atoms with Crippen LogP contribution in [-0.2, 0) is 13.5 Å². The summed E-state index contributed by atoms with van der Waals surface area (Å²) in [6.07, 6.45) is 2.61. The van der Waals surface area contributed by atoms with Crippen molar-refractivity contribution in [1.29, 1.82) is 0 Å². The fourth-order valence-corrected chi connectivity index (χ4v) is 2.71.